The lowest BCUT2D eigenvalue weighted by Crippen LogP contribution is -2.29. The van der Waals surface area contributed by atoms with Crippen LogP contribution in [0.4, 0.5) is 5.69 Å². The molecule has 0 radical (unpaired) electrons. The van der Waals surface area contributed by atoms with E-state index in [9.17, 15) is 19.8 Å². The van der Waals surface area contributed by atoms with E-state index >= 15 is 0 Å². The summed E-state index contributed by atoms with van der Waals surface area (Å²) in [4.78, 5) is 28.2. The van der Waals surface area contributed by atoms with E-state index in [2.05, 4.69) is 0 Å². The number of carbonyl (C=O) groups is 2. The van der Waals surface area contributed by atoms with E-state index in [1.807, 2.05) is 20.8 Å². The van der Waals surface area contributed by atoms with Crippen molar-refractivity contribution < 1.29 is 29.3 Å². The minimum atomic E-state index is -0.995. The van der Waals surface area contributed by atoms with Crippen LogP contribution in [0.2, 0.25) is 5.02 Å². The normalized spacial score (nSPS) is 16.7. The lowest BCUT2D eigenvalue weighted by Gasteiger charge is -2.26. The third-order valence-electron chi connectivity index (χ3n) is 6.39. The molecule has 7 nitrogen and oxygen atoms in total. The molecule has 3 aromatic rings. The van der Waals surface area contributed by atoms with Gasteiger partial charge in [-0.15, -0.1) is 0 Å². The summed E-state index contributed by atoms with van der Waals surface area (Å²) >= 11 is 6.37. The quantitative estimate of drug-likeness (QED) is 0.195. The van der Waals surface area contributed by atoms with Crippen molar-refractivity contribution in [2.75, 3.05) is 18.1 Å². The minimum absolute atomic E-state index is 0.0794. The summed E-state index contributed by atoms with van der Waals surface area (Å²) in [6.45, 7) is 8.33. The fourth-order valence-electron chi connectivity index (χ4n) is 4.44. The standard InChI is InChI=1S/C30H30ClNO6/c1-5-13-38-24-12-9-20(14-18(24)4)28(34)26-27(19-8-11-23(33)25(15-19)37-6-2)32(30(36)29(26)35)21-10-7-17(3)22(31)16-21/h7-12,14-16,27,33-34H,5-6,13H2,1-4H3/b28-26+. The van der Waals surface area contributed by atoms with Gasteiger partial charge >= 0.3 is 0 Å². The van der Waals surface area contributed by atoms with Crippen LogP contribution in [0.15, 0.2) is 60.2 Å². The number of ether oxygens (including phenoxy) is 2. The van der Waals surface area contributed by atoms with Crippen molar-refractivity contribution in [3.8, 4) is 17.2 Å². The van der Waals surface area contributed by atoms with E-state index in [1.165, 1.54) is 11.0 Å². The van der Waals surface area contributed by atoms with Gasteiger partial charge in [0, 0.05) is 16.3 Å². The number of aryl methyl sites for hydroxylation is 2. The maximum Gasteiger partial charge on any atom is 0.300 e. The highest BCUT2D eigenvalue weighted by Gasteiger charge is 2.47. The molecule has 1 fully saturated rings. The summed E-state index contributed by atoms with van der Waals surface area (Å²) in [6, 6.07) is 13.8. The Morgan fingerprint density at radius 2 is 1.71 bits per heavy atom. The van der Waals surface area contributed by atoms with E-state index in [-0.39, 0.29) is 22.8 Å². The number of ketones is 1. The van der Waals surface area contributed by atoms with Crippen molar-refractivity contribution >= 4 is 34.7 Å². The average Bonchev–Trinajstić information content (AvgIpc) is 3.16. The van der Waals surface area contributed by atoms with Crippen LogP contribution in [0.3, 0.4) is 0 Å². The highest BCUT2D eigenvalue weighted by atomic mass is 35.5. The fourth-order valence-corrected chi connectivity index (χ4v) is 4.62. The molecule has 0 bridgehead atoms. The number of hydrogen-bond acceptors (Lipinski definition) is 6. The first-order valence-electron chi connectivity index (χ1n) is 12.4. The monoisotopic (exact) mass is 535 g/mol. The van der Waals surface area contributed by atoms with Gasteiger partial charge in [-0.3, -0.25) is 14.5 Å². The number of Topliss-reactive ketones (excluding diaryl/α,β-unsaturated/α-hetero) is 1. The molecule has 1 saturated heterocycles. The van der Waals surface area contributed by atoms with Gasteiger partial charge in [0.15, 0.2) is 11.5 Å². The molecule has 1 amide bonds. The average molecular weight is 536 g/mol. The molecular weight excluding hydrogens is 506 g/mol. The molecule has 0 aromatic heterocycles. The van der Waals surface area contributed by atoms with E-state index in [0.29, 0.717) is 40.8 Å². The third-order valence-corrected chi connectivity index (χ3v) is 6.79. The van der Waals surface area contributed by atoms with Gasteiger partial charge in [-0.25, -0.2) is 0 Å². The van der Waals surface area contributed by atoms with Crippen molar-refractivity contribution in [3.63, 3.8) is 0 Å². The SMILES string of the molecule is CCCOc1ccc(/C(O)=C2\C(=O)C(=O)N(c3ccc(C)c(Cl)c3)C2c2ccc(O)c(OCC)c2)cc1C. The Kier molecular flexibility index (Phi) is 7.97. The van der Waals surface area contributed by atoms with Gasteiger partial charge < -0.3 is 19.7 Å². The molecule has 1 aliphatic heterocycles. The molecule has 38 heavy (non-hydrogen) atoms. The lowest BCUT2D eigenvalue weighted by molar-refractivity contribution is -0.132. The number of amides is 1. The van der Waals surface area contributed by atoms with Crippen LogP contribution >= 0.6 is 11.6 Å². The predicted molar refractivity (Wildman–Crippen MR) is 147 cm³/mol. The Hall–Kier alpha value is -3.97. The molecule has 198 valence electrons. The van der Waals surface area contributed by atoms with Crippen LogP contribution in [0.25, 0.3) is 5.76 Å². The molecule has 0 spiro atoms. The van der Waals surface area contributed by atoms with Crippen LogP contribution in [0, 0.1) is 13.8 Å². The Morgan fingerprint density at radius 3 is 2.37 bits per heavy atom. The lowest BCUT2D eigenvalue weighted by atomic mass is 9.94. The summed E-state index contributed by atoms with van der Waals surface area (Å²) in [5.41, 5.74) is 2.76. The van der Waals surface area contributed by atoms with Crippen molar-refractivity contribution in [3.05, 3.63) is 87.4 Å². The predicted octanol–water partition coefficient (Wildman–Crippen LogP) is 6.48. The summed E-state index contributed by atoms with van der Waals surface area (Å²) in [6.07, 6.45) is 0.851. The van der Waals surface area contributed by atoms with Crippen molar-refractivity contribution in [2.45, 2.75) is 40.2 Å². The second kappa shape index (κ2) is 11.2. The Labute approximate surface area is 226 Å². The summed E-state index contributed by atoms with van der Waals surface area (Å²) in [5.74, 6) is -1.16. The smallest absolute Gasteiger partial charge is 0.300 e. The van der Waals surface area contributed by atoms with Crippen molar-refractivity contribution in [1.82, 2.24) is 0 Å². The zero-order valence-corrected chi connectivity index (χ0v) is 22.5. The molecule has 1 atom stereocenters. The number of aliphatic hydroxyl groups is 1. The number of rotatable bonds is 8. The van der Waals surface area contributed by atoms with E-state index in [4.69, 9.17) is 21.1 Å². The zero-order valence-electron chi connectivity index (χ0n) is 21.7. The molecule has 0 saturated carbocycles. The van der Waals surface area contributed by atoms with Crippen molar-refractivity contribution in [2.24, 2.45) is 0 Å². The summed E-state index contributed by atoms with van der Waals surface area (Å²) in [5, 5.41) is 22.2. The van der Waals surface area contributed by atoms with Crippen LogP contribution in [0.5, 0.6) is 17.2 Å². The summed E-state index contributed by atoms with van der Waals surface area (Å²) < 4.78 is 11.3. The van der Waals surface area contributed by atoms with Crippen LogP contribution in [-0.4, -0.2) is 35.1 Å². The topological polar surface area (TPSA) is 96.3 Å². The number of phenols is 1. The number of nitrogens with zero attached hydrogens (tertiary/aromatic N) is 1. The molecule has 1 unspecified atom stereocenters. The minimum Gasteiger partial charge on any atom is -0.507 e. The van der Waals surface area contributed by atoms with Gasteiger partial charge in [-0.2, -0.15) is 0 Å². The van der Waals surface area contributed by atoms with E-state index in [0.717, 1.165) is 17.5 Å². The maximum absolute atomic E-state index is 13.5. The molecule has 2 N–H and O–H groups in total. The van der Waals surface area contributed by atoms with E-state index < -0.39 is 17.7 Å². The Bertz CT molecular complexity index is 1430. The first kappa shape index (κ1) is 27.1. The number of hydrogen-bond donors (Lipinski definition) is 2. The second-order valence-corrected chi connectivity index (χ2v) is 9.50. The maximum atomic E-state index is 13.5. The van der Waals surface area contributed by atoms with Crippen LogP contribution < -0.4 is 14.4 Å². The molecule has 0 aliphatic carbocycles. The largest absolute Gasteiger partial charge is 0.507 e. The number of aromatic hydroxyl groups is 1. The number of anilines is 1. The van der Waals surface area contributed by atoms with E-state index in [1.54, 1.807) is 55.5 Å². The molecular formula is C30H30ClNO6. The van der Waals surface area contributed by atoms with Gasteiger partial charge in [-0.1, -0.05) is 30.7 Å². The molecule has 8 heteroatoms. The van der Waals surface area contributed by atoms with Crippen LogP contribution in [0.1, 0.15) is 48.6 Å². The highest BCUT2D eigenvalue weighted by molar-refractivity contribution is 6.51. The number of halogens is 1. The first-order valence-corrected chi connectivity index (χ1v) is 12.8. The van der Waals surface area contributed by atoms with Crippen LogP contribution in [-0.2, 0) is 9.59 Å². The second-order valence-electron chi connectivity index (χ2n) is 9.09. The van der Waals surface area contributed by atoms with Gasteiger partial charge in [-0.05, 0) is 86.3 Å². The van der Waals surface area contributed by atoms with Gasteiger partial charge in [0.25, 0.3) is 11.7 Å². The van der Waals surface area contributed by atoms with Crippen molar-refractivity contribution in [1.29, 1.82) is 0 Å². The van der Waals surface area contributed by atoms with Gasteiger partial charge in [0.05, 0.1) is 24.8 Å². The number of phenolic OH excluding ortho intramolecular Hbond substituents is 1. The number of aliphatic hydroxyl groups excluding tert-OH is 1. The number of carbonyl (C=O) groups excluding carboxylic acids is 2. The molecule has 4 rings (SSSR count). The Balaban J connectivity index is 1.92. The zero-order chi connectivity index (χ0) is 27.6. The first-order chi connectivity index (χ1) is 18.2. The third kappa shape index (κ3) is 5.07. The van der Waals surface area contributed by atoms with Gasteiger partial charge in [0.2, 0.25) is 0 Å². The fraction of sp³-hybridized carbons (Fsp3) is 0.267. The number of benzene rings is 3. The Morgan fingerprint density at radius 1 is 0.947 bits per heavy atom. The molecule has 1 heterocycles. The molecule has 1 aliphatic rings. The molecule has 3 aromatic carbocycles. The van der Waals surface area contributed by atoms with Gasteiger partial charge in [0.1, 0.15) is 11.5 Å². The highest BCUT2D eigenvalue weighted by Crippen LogP contribution is 2.44. The summed E-state index contributed by atoms with van der Waals surface area (Å²) in [7, 11) is 0.